The first-order chi connectivity index (χ1) is 8.15. The fourth-order valence-corrected chi connectivity index (χ4v) is 3.61. The Morgan fingerprint density at radius 2 is 1.11 bits per heavy atom. The lowest BCUT2D eigenvalue weighted by Gasteiger charge is -2.21. The number of hydrogen-bond acceptors (Lipinski definition) is 1. The van der Waals surface area contributed by atoms with Gasteiger partial charge in [-0.25, -0.2) is 0 Å². The SMILES string of the molecule is Cc1c(C)c(C)c(CSCC(C)(C)C)c(C)c1C. The van der Waals surface area contributed by atoms with Gasteiger partial charge >= 0.3 is 0 Å². The summed E-state index contributed by atoms with van der Waals surface area (Å²) in [5.74, 6) is 2.37. The lowest BCUT2D eigenvalue weighted by molar-refractivity contribution is 0.480. The van der Waals surface area contributed by atoms with Gasteiger partial charge in [-0.15, -0.1) is 0 Å². The highest BCUT2D eigenvalue weighted by molar-refractivity contribution is 7.98. The van der Waals surface area contributed by atoms with Crippen molar-refractivity contribution in [3.63, 3.8) is 0 Å². The Morgan fingerprint density at radius 3 is 1.50 bits per heavy atom. The summed E-state index contributed by atoms with van der Waals surface area (Å²) < 4.78 is 0. The molecule has 0 aliphatic carbocycles. The molecule has 1 rings (SSSR count). The molecule has 0 radical (unpaired) electrons. The molecule has 1 heteroatoms. The van der Waals surface area contributed by atoms with Crippen molar-refractivity contribution in [2.45, 2.75) is 61.1 Å². The molecule has 0 aliphatic rings. The first-order valence-electron chi connectivity index (χ1n) is 6.78. The van der Waals surface area contributed by atoms with E-state index in [0.29, 0.717) is 5.41 Å². The third kappa shape index (κ3) is 3.54. The van der Waals surface area contributed by atoms with Gasteiger partial charge in [0.2, 0.25) is 0 Å². The van der Waals surface area contributed by atoms with Gasteiger partial charge in [0, 0.05) is 5.75 Å². The molecule has 102 valence electrons. The Balaban J connectivity index is 2.96. The van der Waals surface area contributed by atoms with E-state index >= 15 is 0 Å². The summed E-state index contributed by atoms with van der Waals surface area (Å²) in [6.07, 6.45) is 0. The Labute approximate surface area is 118 Å². The first kappa shape index (κ1) is 15.6. The molecule has 1 aromatic rings. The van der Waals surface area contributed by atoms with Crippen LogP contribution >= 0.6 is 11.8 Å². The maximum absolute atomic E-state index is 2.31. The van der Waals surface area contributed by atoms with Crippen LogP contribution in [0.2, 0.25) is 0 Å². The van der Waals surface area contributed by atoms with E-state index in [-0.39, 0.29) is 0 Å². The van der Waals surface area contributed by atoms with E-state index in [0.717, 1.165) is 5.75 Å². The summed E-state index contributed by atoms with van der Waals surface area (Å²) >= 11 is 2.06. The molecule has 0 nitrogen and oxygen atoms in total. The van der Waals surface area contributed by atoms with Crippen molar-refractivity contribution in [3.8, 4) is 0 Å². The molecule has 0 aliphatic heterocycles. The first-order valence-corrected chi connectivity index (χ1v) is 7.94. The van der Waals surface area contributed by atoms with Crippen molar-refractivity contribution in [2.24, 2.45) is 5.41 Å². The summed E-state index contributed by atoms with van der Waals surface area (Å²) in [4.78, 5) is 0. The Morgan fingerprint density at radius 1 is 0.722 bits per heavy atom. The normalized spacial score (nSPS) is 12.0. The summed E-state index contributed by atoms with van der Waals surface area (Å²) in [5.41, 5.74) is 9.39. The zero-order chi connectivity index (χ0) is 14.1. The van der Waals surface area contributed by atoms with Gasteiger partial charge < -0.3 is 0 Å². The van der Waals surface area contributed by atoms with Crippen LogP contribution in [0.4, 0.5) is 0 Å². The van der Waals surface area contributed by atoms with Crippen LogP contribution < -0.4 is 0 Å². The minimum absolute atomic E-state index is 0.418. The molecule has 0 amide bonds. The quantitative estimate of drug-likeness (QED) is 0.694. The van der Waals surface area contributed by atoms with E-state index < -0.39 is 0 Å². The summed E-state index contributed by atoms with van der Waals surface area (Å²) in [7, 11) is 0. The van der Waals surface area contributed by atoms with Crippen LogP contribution in [0.5, 0.6) is 0 Å². The van der Waals surface area contributed by atoms with Crippen LogP contribution in [-0.4, -0.2) is 5.75 Å². The number of hydrogen-bond donors (Lipinski definition) is 0. The highest BCUT2D eigenvalue weighted by Crippen LogP contribution is 2.30. The van der Waals surface area contributed by atoms with Gasteiger partial charge in [-0.2, -0.15) is 11.8 Å². The molecular formula is C17H28S. The molecule has 0 N–H and O–H groups in total. The van der Waals surface area contributed by atoms with Crippen molar-refractivity contribution < 1.29 is 0 Å². The predicted octanol–water partition coefficient (Wildman–Crippen LogP) is 5.51. The monoisotopic (exact) mass is 264 g/mol. The van der Waals surface area contributed by atoms with Crippen LogP contribution in [0.3, 0.4) is 0 Å². The molecule has 18 heavy (non-hydrogen) atoms. The zero-order valence-electron chi connectivity index (χ0n) is 13.3. The van der Waals surface area contributed by atoms with E-state index in [1.54, 1.807) is 5.56 Å². The standard InChI is InChI=1S/C17H28S/c1-11-12(2)14(4)16(15(5)13(11)3)9-18-10-17(6,7)8/h9-10H2,1-8H3. The molecule has 0 unspecified atom stereocenters. The number of thioether (sulfide) groups is 1. The molecule has 0 saturated carbocycles. The van der Waals surface area contributed by atoms with Crippen molar-refractivity contribution >= 4 is 11.8 Å². The van der Waals surface area contributed by atoms with Gasteiger partial charge in [0.1, 0.15) is 0 Å². The molecular weight excluding hydrogens is 236 g/mol. The van der Waals surface area contributed by atoms with Gasteiger partial charge in [0.15, 0.2) is 0 Å². The second kappa shape index (κ2) is 5.69. The van der Waals surface area contributed by atoms with Gasteiger partial charge in [-0.1, -0.05) is 20.8 Å². The van der Waals surface area contributed by atoms with Gasteiger partial charge in [0.25, 0.3) is 0 Å². The minimum atomic E-state index is 0.418. The van der Waals surface area contributed by atoms with Crippen molar-refractivity contribution in [2.75, 3.05) is 5.75 Å². The number of rotatable bonds is 3. The van der Waals surface area contributed by atoms with E-state index in [4.69, 9.17) is 0 Å². The van der Waals surface area contributed by atoms with Crippen molar-refractivity contribution in [1.29, 1.82) is 0 Å². The second-order valence-corrected chi connectivity index (χ2v) is 7.64. The third-order valence-corrected chi connectivity index (χ3v) is 5.50. The fourth-order valence-electron chi connectivity index (χ4n) is 2.25. The van der Waals surface area contributed by atoms with Crippen molar-refractivity contribution in [1.82, 2.24) is 0 Å². The minimum Gasteiger partial charge on any atom is -0.157 e. The van der Waals surface area contributed by atoms with E-state index in [2.05, 4.69) is 67.2 Å². The molecule has 0 spiro atoms. The third-order valence-electron chi connectivity index (χ3n) is 3.94. The van der Waals surface area contributed by atoms with Gasteiger partial charge in [0.05, 0.1) is 0 Å². The molecule has 0 bridgehead atoms. The fraction of sp³-hybridized carbons (Fsp3) is 0.647. The van der Waals surface area contributed by atoms with E-state index in [1.165, 1.54) is 33.6 Å². The zero-order valence-corrected chi connectivity index (χ0v) is 14.1. The average molecular weight is 264 g/mol. The van der Waals surface area contributed by atoms with Crippen molar-refractivity contribution in [3.05, 3.63) is 33.4 Å². The summed E-state index contributed by atoms with van der Waals surface area (Å²) in [5, 5.41) is 0. The van der Waals surface area contributed by atoms with Gasteiger partial charge in [-0.3, -0.25) is 0 Å². The highest BCUT2D eigenvalue weighted by Gasteiger charge is 2.14. The predicted molar refractivity (Wildman–Crippen MR) is 85.7 cm³/mol. The summed E-state index contributed by atoms with van der Waals surface area (Å²) in [6, 6.07) is 0. The van der Waals surface area contributed by atoms with Crippen LogP contribution in [0.15, 0.2) is 0 Å². The maximum Gasteiger partial charge on any atom is 0.0190 e. The average Bonchev–Trinajstić information content (AvgIpc) is 2.27. The molecule has 0 heterocycles. The Kier molecular flexibility index (Phi) is 4.94. The Bertz CT molecular complexity index is 407. The molecule has 1 aromatic carbocycles. The number of benzene rings is 1. The smallest absolute Gasteiger partial charge is 0.0190 e. The van der Waals surface area contributed by atoms with Crippen LogP contribution in [0, 0.1) is 40.0 Å². The van der Waals surface area contributed by atoms with Gasteiger partial charge in [-0.05, 0) is 79.2 Å². The molecule has 0 aromatic heterocycles. The second-order valence-electron chi connectivity index (χ2n) is 6.66. The highest BCUT2D eigenvalue weighted by atomic mass is 32.2. The van der Waals surface area contributed by atoms with Crippen LogP contribution in [-0.2, 0) is 5.75 Å². The van der Waals surface area contributed by atoms with E-state index in [9.17, 15) is 0 Å². The lowest BCUT2D eigenvalue weighted by atomic mass is 9.90. The molecule has 0 atom stereocenters. The van der Waals surface area contributed by atoms with E-state index in [1.807, 2.05) is 0 Å². The maximum atomic E-state index is 2.31. The lowest BCUT2D eigenvalue weighted by Crippen LogP contribution is -2.09. The molecule has 0 saturated heterocycles. The van der Waals surface area contributed by atoms with Crippen LogP contribution in [0.25, 0.3) is 0 Å². The van der Waals surface area contributed by atoms with Crippen LogP contribution in [0.1, 0.15) is 54.2 Å². The Hall–Kier alpha value is -0.430. The molecule has 0 fully saturated rings. The summed E-state index contributed by atoms with van der Waals surface area (Å²) in [6.45, 7) is 18.3. The topological polar surface area (TPSA) is 0 Å². The largest absolute Gasteiger partial charge is 0.157 e.